The van der Waals surface area contributed by atoms with Crippen LogP contribution in [-0.4, -0.2) is 37.2 Å². The summed E-state index contributed by atoms with van der Waals surface area (Å²) < 4.78 is 10.6. The molecule has 168 valence electrons. The zero-order valence-corrected chi connectivity index (χ0v) is 19.2. The number of benzene rings is 2. The maximum Gasteiger partial charge on any atom is 0.315 e. The van der Waals surface area contributed by atoms with Gasteiger partial charge in [0.2, 0.25) is 0 Å². The van der Waals surface area contributed by atoms with Crippen molar-refractivity contribution in [3.8, 4) is 22.8 Å². The van der Waals surface area contributed by atoms with E-state index in [2.05, 4.69) is 20.9 Å². The van der Waals surface area contributed by atoms with Crippen LogP contribution >= 0.6 is 11.3 Å². The summed E-state index contributed by atoms with van der Waals surface area (Å²) in [5, 5.41) is 10.7. The quantitative estimate of drug-likeness (QED) is 0.471. The van der Waals surface area contributed by atoms with E-state index in [-0.39, 0.29) is 18.0 Å². The van der Waals surface area contributed by atoms with Crippen LogP contribution in [0, 0.1) is 0 Å². The Labute approximate surface area is 191 Å². The largest absolute Gasteiger partial charge is 0.493 e. The number of methoxy groups -OCH3 is 2. The molecule has 0 atom stereocenters. The molecule has 0 saturated carbocycles. The van der Waals surface area contributed by atoms with Crippen LogP contribution in [0.15, 0.2) is 47.8 Å². The first-order chi connectivity index (χ1) is 15.4. The highest BCUT2D eigenvalue weighted by atomic mass is 32.1. The Morgan fingerprint density at radius 2 is 1.75 bits per heavy atom. The van der Waals surface area contributed by atoms with Crippen LogP contribution in [0.5, 0.6) is 11.5 Å². The predicted octanol–water partition coefficient (Wildman–Crippen LogP) is 4.29. The van der Waals surface area contributed by atoms with Crippen molar-refractivity contribution < 1.29 is 19.1 Å². The van der Waals surface area contributed by atoms with Gasteiger partial charge in [-0.25, -0.2) is 9.78 Å². The van der Waals surface area contributed by atoms with Crippen LogP contribution in [0.25, 0.3) is 11.3 Å². The topological polar surface area (TPSA) is 102 Å². The number of amides is 3. The highest BCUT2D eigenvalue weighted by Gasteiger charge is 2.12. The Morgan fingerprint density at radius 3 is 2.41 bits per heavy atom. The molecule has 3 rings (SSSR count). The Morgan fingerprint density at radius 1 is 1.03 bits per heavy atom. The summed E-state index contributed by atoms with van der Waals surface area (Å²) in [7, 11) is 3.16. The fraction of sp³-hybridized carbons (Fsp3) is 0.261. The fourth-order valence-corrected chi connectivity index (χ4v) is 3.61. The summed E-state index contributed by atoms with van der Waals surface area (Å²) in [5.74, 6) is 0.995. The number of carbonyl (C=O) groups excluding carboxylic acids is 2. The number of hydrogen-bond donors (Lipinski definition) is 3. The molecule has 3 amide bonds. The van der Waals surface area contributed by atoms with Crippen molar-refractivity contribution in [3.05, 3.63) is 59.0 Å². The Hall–Kier alpha value is -3.59. The number of ether oxygens (including phenoxy) is 2. The predicted molar refractivity (Wildman–Crippen MR) is 126 cm³/mol. The standard InChI is InChI=1S/C23H26N4O4S/c1-14(2)25-22(29)24-12-15-5-7-16(8-6-15)21(28)27-23-26-18(13-32-23)17-9-10-19(30-3)20(11-17)31-4/h5-11,13-14H,12H2,1-4H3,(H2,24,25,29)(H,26,27,28). The van der Waals surface area contributed by atoms with Crippen molar-refractivity contribution in [2.75, 3.05) is 19.5 Å². The van der Waals surface area contributed by atoms with Crippen LogP contribution in [0.4, 0.5) is 9.93 Å². The van der Waals surface area contributed by atoms with Crippen molar-refractivity contribution >= 4 is 28.4 Å². The average Bonchev–Trinajstić information content (AvgIpc) is 3.25. The number of aromatic nitrogens is 1. The first-order valence-electron chi connectivity index (χ1n) is 10.0. The molecule has 3 aromatic rings. The monoisotopic (exact) mass is 454 g/mol. The van der Waals surface area contributed by atoms with E-state index in [0.29, 0.717) is 28.7 Å². The van der Waals surface area contributed by atoms with E-state index < -0.39 is 0 Å². The van der Waals surface area contributed by atoms with Crippen molar-refractivity contribution in [1.82, 2.24) is 15.6 Å². The number of carbonyl (C=O) groups is 2. The SMILES string of the molecule is COc1ccc(-c2csc(NC(=O)c3ccc(CNC(=O)NC(C)C)cc3)n2)cc1OC. The maximum atomic E-state index is 12.6. The summed E-state index contributed by atoms with van der Waals surface area (Å²) in [6, 6.07) is 12.4. The molecule has 1 aromatic heterocycles. The summed E-state index contributed by atoms with van der Waals surface area (Å²) in [6.07, 6.45) is 0. The lowest BCUT2D eigenvalue weighted by atomic mass is 10.1. The van der Waals surface area contributed by atoms with Gasteiger partial charge in [-0.1, -0.05) is 12.1 Å². The lowest BCUT2D eigenvalue weighted by Gasteiger charge is -2.10. The number of thiazole rings is 1. The van der Waals surface area contributed by atoms with Crippen LogP contribution in [0.1, 0.15) is 29.8 Å². The molecule has 3 N–H and O–H groups in total. The number of anilines is 1. The summed E-state index contributed by atoms with van der Waals surface area (Å²) in [6.45, 7) is 4.17. The van der Waals surface area contributed by atoms with Gasteiger partial charge in [0.1, 0.15) is 0 Å². The van der Waals surface area contributed by atoms with Crippen molar-refractivity contribution in [2.24, 2.45) is 0 Å². The molecule has 0 radical (unpaired) electrons. The van der Waals surface area contributed by atoms with Crippen LogP contribution in [-0.2, 0) is 6.54 Å². The minimum absolute atomic E-state index is 0.0687. The van der Waals surface area contributed by atoms with Gasteiger partial charge in [-0.05, 0) is 49.7 Å². The summed E-state index contributed by atoms with van der Waals surface area (Å²) in [4.78, 5) is 28.8. The van der Waals surface area contributed by atoms with E-state index in [1.807, 2.05) is 49.6 Å². The average molecular weight is 455 g/mol. The van der Waals surface area contributed by atoms with Crippen molar-refractivity contribution in [1.29, 1.82) is 0 Å². The molecule has 0 saturated heterocycles. The van der Waals surface area contributed by atoms with Gasteiger partial charge in [-0.2, -0.15) is 0 Å². The van der Waals surface area contributed by atoms with E-state index in [4.69, 9.17) is 9.47 Å². The number of rotatable bonds is 8. The molecule has 0 unspecified atom stereocenters. The molecule has 0 fully saturated rings. The molecular weight excluding hydrogens is 428 g/mol. The Kier molecular flexibility index (Phi) is 7.67. The molecule has 9 heteroatoms. The van der Waals surface area contributed by atoms with Gasteiger partial charge in [0.15, 0.2) is 16.6 Å². The van der Waals surface area contributed by atoms with Crippen LogP contribution < -0.4 is 25.4 Å². The van der Waals surface area contributed by atoms with Gasteiger partial charge in [0.05, 0.1) is 19.9 Å². The molecule has 8 nitrogen and oxygen atoms in total. The second-order valence-electron chi connectivity index (χ2n) is 7.24. The lowest BCUT2D eigenvalue weighted by Crippen LogP contribution is -2.39. The van der Waals surface area contributed by atoms with Gasteiger partial charge in [0.25, 0.3) is 5.91 Å². The second-order valence-corrected chi connectivity index (χ2v) is 8.10. The highest BCUT2D eigenvalue weighted by molar-refractivity contribution is 7.14. The molecular formula is C23H26N4O4S. The zero-order valence-electron chi connectivity index (χ0n) is 18.4. The van der Waals surface area contributed by atoms with Crippen molar-refractivity contribution in [2.45, 2.75) is 26.4 Å². The maximum absolute atomic E-state index is 12.6. The molecule has 0 aliphatic heterocycles. The first-order valence-corrected chi connectivity index (χ1v) is 10.9. The molecule has 0 spiro atoms. The van der Waals surface area contributed by atoms with Crippen LogP contribution in [0.2, 0.25) is 0 Å². The van der Waals surface area contributed by atoms with Gasteiger partial charge in [-0.15, -0.1) is 11.3 Å². The Bertz CT molecular complexity index is 1080. The number of nitrogens with one attached hydrogen (secondary N) is 3. The van der Waals surface area contributed by atoms with E-state index in [0.717, 1.165) is 16.8 Å². The van der Waals surface area contributed by atoms with Crippen molar-refractivity contribution in [3.63, 3.8) is 0 Å². The number of urea groups is 1. The third-order valence-electron chi connectivity index (χ3n) is 4.49. The molecule has 0 bridgehead atoms. The third-order valence-corrected chi connectivity index (χ3v) is 5.25. The number of hydrogen-bond acceptors (Lipinski definition) is 6. The second kappa shape index (κ2) is 10.6. The molecule has 0 aliphatic carbocycles. The van der Waals surface area contributed by atoms with E-state index in [1.165, 1.54) is 11.3 Å². The van der Waals surface area contributed by atoms with Gasteiger partial charge in [-0.3, -0.25) is 10.1 Å². The fourth-order valence-electron chi connectivity index (χ4n) is 2.90. The highest BCUT2D eigenvalue weighted by Crippen LogP contribution is 2.33. The van der Waals surface area contributed by atoms with Crippen LogP contribution in [0.3, 0.4) is 0 Å². The van der Waals surface area contributed by atoms with Gasteiger partial charge in [0, 0.05) is 29.1 Å². The van der Waals surface area contributed by atoms with Gasteiger partial charge >= 0.3 is 6.03 Å². The molecule has 32 heavy (non-hydrogen) atoms. The first kappa shape index (κ1) is 23.1. The third kappa shape index (κ3) is 5.98. The summed E-state index contributed by atoms with van der Waals surface area (Å²) in [5.41, 5.74) is 2.98. The molecule has 1 heterocycles. The smallest absolute Gasteiger partial charge is 0.315 e. The lowest BCUT2D eigenvalue weighted by molar-refractivity contribution is 0.102. The molecule has 2 aromatic carbocycles. The Balaban J connectivity index is 1.61. The minimum Gasteiger partial charge on any atom is -0.493 e. The van der Waals surface area contributed by atoms with E-state index in [9.17, 15) is 9.59 Å². The zero-order chi connectivity index (χ0) is 23.1. The summed E-state index contributed by atoms with van der Waals surface area (Å²) >= 11 is 1.34. The molecule has 0 aliphatic rings. The number of nitrogens with zero attached hydrogens (tertiary/aromatic N) is 1. The van der Waals surface area contributed by atoms with E-state index >= 15 is 0 Å². The normalized spacial score (nSPS) is 10.5. The van der Waals surface area contributed by atoms with E-state index in [1.54, 1.807) is 26.4 Å². The minimum atomic E-state index is -0.254. The van der Waals surface area contributed by atoms with Gasteiger partial charge < -0.3 is 20.1 Å².